The number of methoxy groups -OCH3 is 1. The summed E-state index contributed by atoms with van der Waals surface area (Å²) >= 11 is 0. The second-order valence-electron chi connectivity index (χ2n) is 13.8. The number of carbonyl (C=O) groups is 1. The Kier molecular flexibility index (Phi) is 10.4. The summed E-state index contributed by atoms with van der Waals surface area (Å²) in [7, 11) is -2.18. The lowest BCUT2D eigenvalue weighted by atomic mass is 9.86. The number of morpholine rings is 1. The monoisotopic (exact) mass is 714 g/mol. The Morgan fingerprint density at radius 2 is 1.76 bits per heavy atom. The Morgan fingerprint density at radius 3 is 2.45 bits per heavy atom. The fourth-order valence-electron chi connectivity index (χ4n) is 6.16. The number of hydrogen-bond donors (Lipinski definition) is 4. The van der Waals surface area contributed by atoms with Crippen LogP contribution in [0.1, 0.15) is 53.5 Å². The van der Waals surface area contributed by atoms with E-state index >= 15 is 0 Å². The van der Waals surface area contributed by atoms with Gasteiger partial charge in [-0.2, -0.15) is 5.10 Å². The van der Waals surface area contributed by atoms with Gasteiger partial charge >= 0.3 is 0 Å². The molecular weight excluding hydrogens is 669 g/mol. The zero-order chi connectivity index (χ0) is 36.3. The normalized spacial score (nSPS) is 15.3. The number of nitrogens with one attached hydrogen (secondary N) is 4. The third kappa shape index (κ3) is 8.37. The summed E-state index contributed by atoms with van der Waals surface area (Å²) in [6, 6.07) is 19.1. The molecule has 1 amide bonds. The molecule has 0 aliphatic carbocycles. The molecule has 3 heterocycles. The summed E-state index contributed by atoms with van der Waals surface area (Å²) in [6.45, 7) is 12.2. The maximum atomic E-state index is 13.8. The first-order valence-electron chi connectivity index (χ1n) is 16.9. The highest BCUT2D eigenvalue weighted by Gasteiger charge is 2.25. The first-order chi connectivity index (χ1) is 24.3. The standard InChI is InChI=1S/C37H46N8O5S/c1-25-12-13-26(36(46)39-30-21-27(37(2,3)4)22-31(35(30)49-5)41-51(6,47)48)20-34(25)44-24-32(40-42-44)29-23-38-45(28-10-8-7-9-11-28)33(29)14-15-43-16-18-50-19-17-43/h7-13,20-24,40-42H,14-19H2,1-6H3,(H,39,46). The first kappa shape index (κ1) is 35.9. The topological polar surface area (TPSA) is 142 Å². The van der Waals surface area contributed by atoms with Crippen molar-refractivity contribution in [3.05, 3.63) is 101 Å². The molecule has 1 aromatic heterocycles. The van der Waals surface area contributed by atoms with Gasteiger partial charge in [0.1, 0.15) is 0 Å². The first-order valence-corrected chi connectivity index (χ1v) is 18.8. The number of hydrazine groups is 2. The largest absolute Gasteiger partial charge is 0.492 e. The molecule has 14 heteroatoms. The molecule has 0 unspecified atom stereocenters. The van der Waals surface area contributed by atoms with Crippen molar-refractivity contribution in [2.24, 2.45) is 0 Å². The average Bonchev–Trinajstić information content (AvgIpc) is 3.75. The molecular formula is C37H46N8O5S. The third-order valence-electron chi connectivity index (χ3n) is 8.93. The molecule has 51 heavy (non-hydrogen) atoms. The lowest BCUT2D eigenvalue weighted by molar-refractivity contribution is 0.0383. The third-order valence-corrected chi connectivity index (χ3v) is 9.52. The van der Waals surface area contributed by atoms with Crippen LogP contribution < -0.4 is 30.7 Å². The summed E-state index contributed by atoms with van der Waals surface area (Å²) in [6.07, 6.45) is 5.71. The number of aryl methyl sites for hydroxylation is 1. The van der Waals surface area contributed by atoms with E-state index in [-0.39, 0.29) is 22.8 Å². The van der Waals surface area contributed by atoms with Crippen molar-refractivity contribution in [1.29, 1.82) is 0 Å². The van der Waals surface area contributed by atoms with E-state index < -0.39 is 10.0 Å². The van der Waals surface area contributed by atoms with Crippen molar-refractivity contribution in [3.63, 3.8) is 0 Å². The summed E-state index contributed by atoms with van der Waals surface area (Å²) in [5.74, 6) is -0.163. The number of amides is 1. The van der Waals surface area contributed by atoms with Crippen LogP contribution in [0.5, 0.6) is 5.75 Å². The van der Waals surface area contributed by atoms with Gasteiger partial charge in [-0.15, -0.1) is 5.53 Å². The number of anilines is 3. The Labute approximate surface area is 299 Å². The predicted octanol–water partition coefficient (Wildman–Crippen LogP) is 4.81. The number of benzene rings is 3. The van der Waals surface area contributed by atoms with Crippen LogP contribution in [0.2, 0.25) is 0 Å². The van der Waals surface area contributed by atoms with E-state index in [1.165, 1.54) is 7.11 Å². The van der Waals surface area contributed by atoms with E-state index in [9.17, 15) is 13.2 Å². The Morgan fingerprint density at radius 1 is 1.04 bits per heavy atom. The van der Waals surface area contributed by atoms with E-state index in [1.807, 2.05) is 92.2 Å². The number of sulfonamides is 1. The van der Waals surface area contributed by atoms with E-state index in [1.54, 1.807) is 18.2 Å². The Hall–Kier alpha value is -4.89. The summed E-state index contributed by atoms with van der Waals surface area (Å²) in [5.41, 5.74) is 13.6. The van der Waals surface area contributed by atoms with Gasteiger partial charge in [-0.1, -0.05) is 45.0 Å². The van der Waals surface area contributed by atoms with Crippen LogP contribution in [-0.4, -0.2) is 75.2 Å². The summed E-state index contributed by atoms with van der Waals surface area (Å²) in [4.78, 5) is 16.2. The van der Waals surface area contributed by atoms with Crippen LogP contribution in [0.15, 0.2) is 73.1 Å². The van der Waals surface area contributed by atoms with Gasteiger partial charge in [0, 0.05) is 43.4 Å². The Bertz CT molecular complexity index is 2030. The van der Waals surface area contributed by atoms with E-state index in [2.05, 4.69) is 25.9 Å². The van der Waals surface area contributed by atoms with Crippen LogP contribution in [0, 0.1) is 6.92 Å². The van der Waals surface area contributed by atoms with Crippen molar-refractivity contribution >= 4 is 38.7 Å². The number of rotatable bonds is 11. The number of nitrogens with zero attached hydrogens (tertiary/aromatic N) is 4. The lowest BCUT2D eigenvalue weighted by Gasteiger charge is -2.26. The van der Waals surface area contributed by atoms with Crippen molar-refractivity contribution < 1.29 is 22.7 Å². The molecule has 6 rings (SSSR count). The molecule has 0 spiro atoms. The molecule has 1 fully saturated rings. The molecule has 0 saturated carbocycles. The zero-order valence-electron chi connectivity index (χ0n) is 29.9. The maximum absolute atomic E-state index is 13.8. The van der Waals surface area contributed by atoms with Crippen LogP contribution in [0.4, 0.5) is 17.1 Å². The fraction of sp³-hybridized carbons (Fsp3) is 0.351. The van der Waals surface area contributed by atoms with Crippen LogP contribution in [-0.2, 0) is 26.6 Å². The van der Waals surface area contributed by atoms with Gasteiger partial charge in [0.15, 0.2) is 5.75 Å². The molecule has 0 bridgehead atoms. The summed E-state index contributed by atoms with van der Waals surface area (Å²) < 4.78 is 40.1. The van der Waals surface area contributed by atoms with Crippen LogP contribution in [0.25, 0.3) is 11.4 Å². The molecule has 2 aliphatic heterocycles. The number of ether oxygens (including phenoxy) is 2. The molecule has 0 radical (unpaired) electrons. The molecule has 0 atom stereocenters. The minimum absolute atomic E-state index is 0.215. The molecule has 1 saturated heterocycles. The van der Waals surface area contributed by atoms with Gasteiger partial charge in [0.05, 0.1) is 66.9 Å². The number of hydrogen-bond acceptors (Lipinski definition) is 10. The molecule has 2 aliphatic rings. The van der Waals surface area contributed by atoms with Gasteiger partial charge in [-0.05, 0) is 59.9 Å². The lowest BCUT2D eigenvalue weighted by Crippen LogP contribution is -2.38. The predicted molar refractivity (Wildman–Crippen MR) is 201 cm³/mol. The van der Waals surface area contributed by atoms with Gasteiger partial charge in [0.25, 0.3) is 5.91 Å². The number of aromatic nitrogens is 2. The van der Waals surface area contributed by atoms with Crippen LogP contribution >= 0.6 is 0 Å². The minimum Gasteiger partial charge on any atom is -0.492 e. The minimum atomic E-state index is -3.62. The van der Waals surface area contributed by atoms with Crippen molar-refractivity contribution in [1.82, 2.24) is 25.6 Å². The van der Waals surface area contributed by atoms with E-state index in [4.69, 9.17) is 14.6 Å². The molecule has 4 N–H and O–H groups in total. The van der Waals surface area contributed by atoms with Gasteiger partial charge in [0.2, 0.25) is 10.0 Å². The fourth-order valence-corrected chi connectivity index (χ4v) is 6.71. The van der Waals surface area contributed by atoms with Crippen LogP contribution in [0.3, 0.4) is 0 Å². The Balaban J connectivity index is 1.28. The molecule has 270 valence electrons. The molecule has 3 aromatic carbocycles. The number of para-hydroxylation sites is 1. The average molecular weight is 715 g/mol. The van der Waals surface area contributed by atoms with Crippen molar-refractivity contribution in [3.8, 4) is 11.4 Å². The molecule has 4 aromatic rings. The highest BCUT2D eigenvalue weighted by atomic mass is 32.2. The van der Waals surface area contributed by atoms with E-state index in [0.717, 1.165) is 85.0 Å². The second kappa shape index (κ2) is 14.8. The summed E-state index contributed by atoms with van der Waals surface area (Å²) in [5, 5.41) is 9.61. The quantitative estimate of drug-likeness (QED) is 0.171. The molecule has 13 nitrogen and oxygen atoms in total. The van der Waals surface area contributed by atoms with Gasteiger partial charge < -0.3 is 20.2 Å². The van der Waals surface area contributed by atoms with Gasteiger partial charge in [-0.3, -0.25) is 19.4 Å². The van der Waals surface area contributed by atoms with Crippen molar-refractivity contribution in [2.75, 3.05) is 61.3 Å². The maximum Gasteiger partial charge on any atom is 0.255 e. The smallest absolute Gasteiger partial charge is 0.255 e. The number of carbonyl (C=O) groups excluding carboxylic acids is 1. The highest BCUT2D eigenvalue weighted by molar-refractivity contribution is 7.92. The van der Waals surface area contributed by atoms with Gasteiger partial charge in [-0.25, -0.2) is 13.1 Å². The van der Waals surface area contributed by atoms with Crippen molar-refractivity contribution in [2.45, 2.75) is 39.5 Å². The SMILES string of the molecule is COc1c(NC(=O)c2ccc(C)c(N3C=C(c4cnn(-c5ccccc5)c4CCN4CCOCC4)NN3)c2)cc(C(C)(C)C)cc1NS(C)(=O)=O. The van der Waals surface area contributed by atoms with E-state index in [0.29, 0.717) is 11.3 Å². The zero-order valence-corrected chi connectivity index (χ0v) is 30.7. The highest BCUT2D eigenvalue weighted by Crippen LogP contribution is 2.39. The second-order valence-corrected chi connectivity index (χ2v) is 15.5.